The van der Waals surface area contributed by atoms with Crippen molar-refractivity contribution in [2.75, 3.05) is 18.8 Å². The van der Waals surface area contributed by atoms with E-state index in [1.165, 1.54) is 12.1 Å². The summed E-state index contributed by atoms with van der Waals surface area (Å²) in [6.07, 6.45) is 1.01. The van der Waals surface area contributed by atoms with Crippen molar-refractivity contribution in [3.8, 4) is 0 Å². The Balaban J connectivity index is 2.01. The summed E-state index contributed by atoms with van der Waals surface area (Å²) in [5, 5.41) is 8.81. The summed E-state index contributed by atoms with van der Waals surface area (Å²) in [6, 6.07) is 3.57. The number of likely N-dealkylation sites (tertiary alicyclic amines) is 1. The monoisotopic (exact) mass is 269 g/mol. The van der Waals surface area contributed by atoms with Gasteiger partial charge in [0.1, 0.15) is 5.82 Å². The maximum atomic E-state index is 13.4. The number of thioether (sulfide) groups is 1. The van der Waals surface area contributed by atoms with Gasteiger partial charge >= 0.3 is 5.97 Å². The second-order valence-corrected chi connectivity index (χ2v) is 4.99. The highest BCUT2D eigenvalue weighted by Gasteiger charge is 2.20. The molecule has 6 heteroatoms. The number of carbonyl (C=O) groups excluding carboxylic acids is 1. The third kappa shape index (κ3) is 2.81. The first-order chi connectivity index (χ1) is 8.58. The fourth-order valence-corrected chi connectivity index (χ4v) is 2.42. The third-order valence-corrected chi connectivity index (χ3v) is 3.75. The van der Waals surface area contributed by atoms with Gasteiger partial charge in [0, 0.05) is 18.0 Å². The molecule has 1 saturated heterocycles. The van der Waals surface area contributed by atoms with Crippen LogP contribution in [-0.2, 0) is 4.79 Å². The molecule has 1 N–H and O–H groups in total. The summed E-state index contributed by atoms with van der Waals surface area (Å²) >= 11 is 1.03. The largest absolute Gasteiger partial charge is 0.478 e. The van der Waals surface area contributed by atoms with Crippen molar-refractivity contribution in [1.29, 1.82) is 0 Å². The molecule has 96 valence electrons. The number of aromatic carboxylic acids is 1. The number of hydrogen-bond donors (Lipinski definition) is 1. The van der Waals surface area contributed by atoms with Crippen LogP contribution in [0.15, 0.2) is 23.1 Å². The molecule has 1 aromatic rings. The molecule has 1 fully saturated rings. The summed E-state index contributed by atoms with van der Waals surface area (Å²) in [5.41, 5.74) is 0.0234. The third-order valence-electron chi connectivity index (χ3n) is 2.74. The Morgan fingerprint density at radius 3 is 2.67 bits per heavy atom. The van der Waals surface area contributed by atoms with E-state index in [0.717, 1.165) is 37.3 Å². The lowest BCUT2D eigenvalue weighted by atomic mass is 10.2. The Labute approximate surface area is 108 Å². The molecule has 18 heavy (non-hydrogen) atoms. The molecule has 4 nitrogen and oxygen atoms in total. The van der Waals surface area contributed by atoms with Crippen LogP contribution in [0, 0.1) is 5.82 Å². The minimum Gasteiger partial charge on any atom is -0.478 e. The molecule has 2 rings (SSSR count). The van der Waals surface area contributed by atoms with E-state index in [0.29, 0.717) is 0 Å². The summed E-state index contributed by atoms with van der Waals surface area (Å²) < 4.78 is 13.4. The lowest BCUT2D eigenvalue weighted by Gasteiger charge is -2.30. The van der Waals surface area contributed by atoms with Crippen LogP contribution < -0.4 is 0 Å². The second-order valence-electron chi connectivity index (χ2n) is 3.97. The molecule has 0 radical (unpaired) electrons. The van der Waals surface area contributed by atoms with Crippen LogP contribution in [0.1, 0.15) is 16.8 Å². The smallest absolute Gasteiger partial charge is 0.335 e. The van der Waals surface area contributed by atoms with Crippen LogP contribution >= 0.6 is 11.8 Å². The highest BCUT2D eigenvalue weighted by Crippen LogP contribution is 2.24. The van der Waals surface area contributed by atoms with Crippen LogP contribution in [0.4, 0.5) is 4.39 Å². The van der Waals surface area contributed by atoms with Gasteiger partial charge in [-0.3, -0.25) is 4.79 Å². The zero-order valence-corrected chi connectivity index (χ0v) is 10.4. The first-order valence-corrected chi connectivity index (χ1v) is 6.50. The number of carboxylic acid groups (broad SMARTS) is 1. The number of halogens is 1. The van der Waals surface area contributed by atoms with Gasteiger partial charge in [0.15, 0.2) is 0 Å². The fraction of sp³-hybridized carbons (Fsp3) is 0.333. The van der Waals surface area contributed by atoms with E-state index >= 15 is 0 Å². The molecule has 0 aromatic heterocycles. The van der Waals surface area contributed by atoms with Gasteiger partial charge in [-0.2, -0.15) is 0 Å². The number of carbonyl (C=O) groups is 2. The van der Waals surface area contributed by atoms with Crippen LogP contribution in [0.2, 0.25) is 0 Å². The van der Waals surface area contributed by atoms with E-state index in [2.05, 4.69) is 0 Å². The van der Waals surface area contributed by atoms with Crippen LogP contribution in [-0.4, -0.2) is 40.7 Å². The Hall–Kier alpha value is -1.56. The first kappa shape index (κ1) is 12.9. The number of nitrogens with zero attached hydrogens (tertiary/aromatic N) is 1. The summed E-state index contributed by atoms with van der Waals surface area (Å²) in [7, 11) is 0. The molecule has 0 spiro atoms. The van der Waals surface area contributed by atoms with Crippen LogP contribution in [0.3, 0.4) is 0 Å². The van der Waals surface area contributed by atoms with E-state index in [-0.39, 0.29) is 22.1 Å². The molecular weight excluding hydrogens is 257 g/mol. The maximum Gasteiger partial charge on any atom is 0.335 e. The molecule has 0 atom stereocenters. The minimum absolute atomic E-state index is 0.0234. The predicted molar refractivity (Wildman–Crippen MR) is 65.3 cm³/mol. The van der Waals surface area contributed by atoms with E-state index in [1.54, 1.807) is 4.90 Å². The molecule has 1 heterocycles. The fourth-order valence-electron chi connectivity index (χ4n) is 1.54. The molecule has 1 aromatic carbocycles. The van der Waals surface area contributed by atoms with Gasteiger partial charge in [-0.05, 0) is 24.6 Å². The topological polar surface area (TPSA) is 57.6 Å². The number of hydrogen-bond acceptors (Lipinski definition) is 3. The molecular formula is C12H12FNO3S. The van der Waals surface area contributed by atoms with Crippen LogP contribution in [0.25, 0.3) is 0 Å². The average molecular weight is 269 g/mol. The second kappa shape index (κ2) is 5.39. The van der Waals surface area contributed by atoms with Gasteiger partial charge in [-0.1, -0.05) is 0 Å². The average Bonchev–Trinajstić information content (AvgIpc) is 2.25. The Bertz CT molecular complexity index is 488. The molecule has 0 aliphatic carbocycles. The van der Waals surface area contributed by atoms with Gasteiger partial charge in [0.2, 0.25) is 5.91 Å². The van der Waals surface area contributed by atoms with E-state index < -0.39 is 11.8 Å². The lowest BCUT2D eigenvalue weighted by molar-refractivity contribution is -0.131. The summed E-state index contributed by atoms with van der Waals surface area (Å²) in [6.45, 7) is 1.52. The standard InChI is InChI=1S/C12H12FNO3S/c13-9-3-2-8(12(16)17)6-10(9)18-7-11(15)14-4-1-5-14/h2-3,6H,1,4-5,7H2,(H,16,17). The maximum absolute atomic E-state index is 13.4. The molecule has 1 aliphatic rings. The lowest BCUT2D eigenvalue weighted by Crippen LogP contribution is -2.43. The number of carboxylic acids is 1. The van der Waals surface area contributed by atoms with Crippen LogP contribution in [0.5, 0.6) is 0 Å². The zero-order chi connectivity index (χ0) is 13.1. The quantitative estimate of drug-likeness (QED) is 0.847. The molecule has 1 aliphatic heterocycles. The van der Waals surface area contributed by atoms with Gasteiger partial charge in [-0.15, -0.1) is 11.8 Å². The van der Waals surface area contributed by atoms with Crippen molar-refractivity contribution in [1.82, 2.24) is 4.90 Å². The molecule has 1 amide bonds. The summed E-state index contributed by atoms with van der Waals surface area (Å²) in [4.78, 5) is 24.3. The highest BCUT2D eigenvalue weighted by molar-refractivity contribution is 8.00. The number of benzene rings is 1. The predicted octanol–water partition coefficient (Wildman–Crippen LogP) is 1.85. The minimum atomic E-state index is -1.11. The van der Waals surface area contributed by atoms with E-state index in [4.69, 9.17) is 5.11 Å². The first-order valence-electron chi connectivity index (χ1n) is 5.51. The van der Waals surface area contributed by atoms with Gasteiger partial charge in [0.05, 0.1) is 11.3 Å². The van der Waals surface area contributed by atoms with Crippen molar-refractivity contribution in [2.24, 2.45) is 0 Å². The Morgan fingerprint density at radius 2 is 2.11 bits per heavy atom. The van der Waals surface area contributed by atoms with E-state index in [9.17, 15) is 14.0 Å². The van der Waals surface area contributed by atoms with Crippen molar-refractivity contribution < 1.29 is 19.1 Å². The Kier molecular flexibility index (Phi) is 3.86. The van der Waals surface area contributed by atoms with Crippen molar-refractivity contribution >= 4 is 23.6 Å². The Morgan fingerprint density at radius 1 is 1.39 bits per heavy atom. The normalized spacial score (nSPS) is 14.2. The highest BCUT2D eigenvalue weighted by atomic mass is 32.2. The molecule has 0 bridgehead atoms. The van der Waals surface area contributed by atoms with Gasteiger partial charge in [0.25, 0.3) is 0 Å². The van der Waals surface area contributed by atoms with Gasteiger partial charge in [-0.25, -0.2) is 9.18 Å². The number of amides is 1. The van der Waals surface area contributed by atoms with Gasteiger partial charge < -0.3 is 10.0 Å². The summed E-state index contributed by atoms with van der Waals surface area (Å²) in [5.74, 6) is -1.50. The van der Waals surface area contributed by atoms with Crippen molar-refractivity contribution in [2.45, 2.75) is 11.3 Å². The molecule has 0 unspecified atom stereocenters. The number of rotatable bonds is 4. The molecule has 0 saturated carbocycles. The van der Waals surface area contributed by atoms with Crippen molar-refractivity contribution in [3.63, 3.8) is 0 Å². The SMILES string of the molecule is O=C(O)c1ccc(F)c(SCC(=O)N2CCC2)c1. The zero-order valence-electron chi connectivity index (χ0n) is 9.56. The van der Waals surface area contributed by atoms with Crippen molar-refractivity contribution in [3.05, 3.63) is 29.6 Å². The van der Waals surface area contributed by atoms with E-state index in [1.807, 2.05) is 0 Å².